The van der Waals surface area contributed by atoms with E-state index in [9.17, 15) is 14.7 Å². The zero-order chi connectivity index (χ0) is 16.8. The van der Waals surface area contributed by atoms with Crippen LogP contribution in [0.25, 0.3) is 0 Å². The van der Waals surface area contributed by atoms with E-state index in [1.54, 1.807) is 6.20 Å². The van der Waals surface area contributed by atoms with E-state index >= 15 is 0 Å². The Labute approximate surface area is 135 Å². The van der Waals surface area contributed by atoms with Crippen LogP contribution in [-0.4, -0.2) is 39.4 Å². The summed E-state index contributed by atoms with van der Waals surface area (Å²) in [5, 5.41) is 16.5. The van der Waals surface area contributed by atoms with Crippen molar-refractivity contribution < 1.29 is 19.4 Å². The molecule has 0 radical (unpaired) electrons. The van der Waals surface area contributed by atoms with Gasteiger partial charge in [0, 0.05) is 24.9 Å². The molecular formula is C16H23N3O4. The van der Waals surface area contributed by atoms with Crippen LogP contribution in [0.4, 0.5) is 0 Å². The number of nitrogens with one attached hydrogen (secondary N) is 1. The average molecular weight is 321 g/mol. The molecule has 23 heavy (non-hydrogen) atoms. The summed E-state index contributed by atoms with van der Waals surface area (Å²) in [4.78, 5) is 23.7. The van der Waals surface area contributed by atoms with Gasteiger partial charge in [0.1, 0.15) is 6.10 Å². The van der Waals surface area contributed by atoms with Crippen molar-refractivity contribution in [3.8, 4) is 0 Å². The number of aliphatic carboxylic acids is 1. The van der Waals surface area contributed by atoms with Gasteiger partial charge in [0.15, 0.2) is 0 Å². The topological polar surface area (TPSA) is 93.5 Å². The molecule has 2 heterocycles. The summed E-state index contributed by atoms with van der Waals surface area (Å²) < 4.78 is 7.57. The number of carboxylic acids is 1. The van der Waals surface area contributed by atoms with E-state index in [0.717, 1.165) is 18.5 Å². The maximum atomic E-state index is 12.5. The van der Waals surface area contributed by atoms with Crippen LogP contribution in [0.5, 0.6) is 0 Å². The third-order valence-electron chi connectivity index (χ3n) is 5.10. The Balaban J connectivity index is 1.67. The number of carboxylic acid groups (broad SMARTS) is 1. The molecule has 1 aromatic rings. The molecule has 1 aromatic heterocycles. The lowest BCUT2D eigenvalue weighted by Crippen LogP contribution is -2.38. The Hall–Kier alpha value is -1.89. The van der Waals surface area contributed by atoms with Crippen molar-refractivity contribution in [3.05, 3.63) is 18.0 Å². The molecule has 0 unspecified atom stereocenters. The standard InChI is InChI=1S/C16H23N3O4/c1-4-19-8-9(7-17-19)13-10(5-6-23-13)18-14(20)11-12(15(21)22)16(11,2)3/h7-8,10-13H,4-6H2,1-3H3,(H,18,20)(H,21,22)/t10-,11-,12+,13+/m0/s1. The minimum atomic E-state index is -0.904. The van der Waals surface area contributed by atoms with E-state index < -0.39 is 23.2 Å². The molecule has 3 rings (SSSR count). The van der Waals surface area contributed by atoms with Crippen LogP contribution in [0.3, 0.4) is 0 Å². The lowest BCUT2D eigenvalue weighted by atomic mass is 10.0. The Morgan fingerprint density at radius 1 is 1.48 bits per heavy atom. The number of hydrogen-bond donors (Lipinski definition) is 2. The zero-order valence-corrected chi connectivity index (χ0v) is 13.7. The van der Waals surface area contributed by atoms with E-state index in [-0.39, 0.29) is 18.1 Å². The fourth-order valence-electron chi connectivity index (χ4n) is 3.63. The Kier molecular flexibility index (Phi) is 3.91. The molecule has 1 saturated heterocycles. The van der Waals surface area contributed by atoms with Crippen molar-refractivity contribution in [3.63, 3.8) is 0 Å². The van der Waals surface area contributed by atoms with Gasteiger partial charge < -0.3 is 15.2 Å². The number of rotatable bonds is 5. The van der Waals surface area contributed by atoms with Gasteiger partial charge in [0.25, 0.3) is 0 Å². The highest BCUT2D eigenvalue weighted by molar-refractivity contribution is 5.91. The summed E-state index contributed by atoms with van der Waals surface area (Å²) in [7, 11) is 0. The van der Waals surface area contributed by atoms with E-state index in [1.165, 1.54) is 0 Å². The Bertz CT molecular complexity index is 625. The molecule has 0 spiro atoms. The van der Waals surface area contributed by atoms with Crippen molar-refractivity contribution in [2.45, 2.75) is 45.9 Å². The molecule has 0 aromatic carbocycles. The first-order chi connectivity index (χ1) is 10.9. The Morgan fingerprint density at radius 2 is 2.22 bits per heavy atom. The monoisotopic (exact) mass is 321 g/mol. The summed E-state index contributed by atoms with van der Waals surface area (Å²) in [6.45, 7) is 7.00. The van der Waals surface area contributed by atoms with Crippen LogP contribution >= 0.6 is 0 Å². The summed E-state index contributed by atoms with van der Waals surface area (Å²) in [6.07, 6.45) is 4.19. The summed E-state index contributed by atoms with van der Waals surface area (Å²) in [6, 6.07) is -0.136. The van der Waals surface area contributed by atoms with Crippen LogP contribution in [-0.2, 0) is 20.9 Å². The van der Waals surface area contributed by atoms with Crippen molar-refractivity contribution in [1.29, 1.82) is 0 Å². The van der Waals surface area contributed by atoms with E-state index in [1.807, 2.05) is 31.6 Å². The molecule has 7 nitrogen and oxygen atoms in total. The third kappa shape index (κ3) is 2.73. The van der Waals surface area contributed by atoms with Gasteiger partial charge in [0.2, 0.25) is 5.91 Å². The number of hydrogen-bond acceptors (Lipinski definition) is 4. The molecule has 1 saturated carbocycles. The quantitative estimate of drug-likeness (QED) is 0.850. The number of aromatic nitrogens is 2. The smallest absolute Gasteiger partial charge is 0.307 e. The first-order valence-electron chi connectivity index (χ1n) is 8.03. The van der Waals surface area contributed by atoms with Gasteiger partial charge in [-0.1, -0.05) is 13.8 Å². The molecule has 1 amide bonds. The van der Waals surface area contributed by atoms with Crippen LogP contribution < -0.4 is 5.32 Å². The first kappa shape index (κ1) is 16.0. The second-order valence-corrected chi connectivity index (χ2v) is 6.94. The molecule has 1 aliphatic heterocycles. The number of carbonyl (C=O) groups excluding carboxylic acids is 1. The average Bonchev–Trinajstić information content (AvgIpc) is 2.90. The largest absolute Gasteiger partial charge is 0.481 e. The fraction of sp³-hybridized carbons (Fsp3) is 0.688. The molecule has 2 N–H and O–H groups in total. The molecular weight excluding hydrogens is 298 g/mol. The minimum Gasteiger partial charge on any atom is -0.481 e. The van der Waals surface area contributed by atoms with Crippen molar-refractivity contribution in [1.82, 2.24) is 15.1 Å². The maximum Gasteiger partial charge on any atom is 0.307 e. The number of carbonyl (C=O) groups is 2. The van der Waals surface area contributed by atoms with Crippen molar-refractivity contribution in [2.24, 2.45) is 17.3 Å². The van der Waals surface area contributed by atoms with Crippen molar-refractivity contribution >= 4 is 11.9 Å². The highest BCUT2D eigenvalue weighted by atomic mass is 16.5. The molecule has 1 aliphatic carbocycles. The molecule has 7 heteroatoms. The second-order valence-electron chi connectivity index (χ2n) is 6.94. The van der Waals surface area contributed by atoms with Crippen LogP contribution in [0.2, 0.25) is 0 Å². The number of aryl methyl sites for hydroxylation is 1. The lowest BCUT2D eigenvalue weighted by Gasteiger charge is -2.19. The lowest BCUT2D eigenvalue weighted by molar-refractivity contribution is -0.140. The van der Waals surface area contributed by atoms with Gasteiger partial charge in [-0.25, -0.2) is 0 Å². The Morgan fingerprint density at radius 3 is 2.78 bits per heavy atom. The first-order valence-corrected chi connectivity index (χ1v) is 8.03. The fourth-order valence-corrected chi connectivity index (χ4v) is 3.63. The zero-order valence-electron chi connectivity index (χ0n) is 13.7. The number of nitrogens with zero attached hydrogens (tertiary/aromatic N) is 2. The van der Waals surface area contributed by atoms with E-state index in [4.69, 9.17) is 4.74 Å². The van der Waals surface area contributed by atoms with Crippen molar-refractivity contribution in [2.75, 3.05) is 6.61 Å². The van der Waals surface area contributed by atoms with Gasteiger partial charge in [-0.05, 0) is 18.8 Å². The maximum absolute atomic E-state index is 12.5. The molecule has 126 valence electrons. The summed E-state index contributed by atoms with van der Waals surface area (Å²) >= 11 is 0. The highest BCUT2D eigenvalue weighted by Gasteiger charge is 2.66. The number of amides is 1. The van der Waals surface area contributed by atoms with Crippen LogP contribution in [0, 0.1) is 17.3 Å². The van der Waals surface area contributed by atoms with Gasteiger partial charge in [-0.15, -0.1) is 0 Å². The predicted molar refractivity (Wildman–Crippen MR) is 81.5 cm³/mol. The normalized spacial score (nSPS) is 31.8. The van der Waals surface area contributed by atoms with Crippen LogP contribution in [0.1, 0.15) is 38.9 Å². The van der Waals surface area contributed by atoms with Gasteiger partial charge in [0.05, 0.1) is 24.1 Å². The molecule has 2 aliphatic rings. The second kappa shape index (κ2) is 5.63. The summed E-state index contributed by atoms with van der Waals surface area (Å²) in [5.74, 6) is -2.17. The molecule has 4 atom stereocenters. The highest BCUT2D eigenvalue weighted by Crippen LogP contribution is 2.58. The minimum absolute atomic E-state index is 0.136. The SMILES string of the molecule is CCn1cc([C@H]2OCC[C@@H]2NC(=O)[C@@H]2[C@H](C(=O)O)C2(C)C)cn1. The van der Waals surface area contributed by atoms with Crippen LogP contribution in [0.15, 0.2) is 12.4 Å². The van der Waals surface area contributed by atoms with E-state index in [0.29, 0.717) is 6.61 Å². The summed E-state index contributed by atoms with van der Waals surface area (Å²) in [5.41, 5.74) is 0.456. The van der Waals surface area contributed by atoms with Gasteiger partial charge in [-0.3, -0.25) is 14.3 Å². The molecule has 0 bridgehead atoms. The third-order valence-corrected chi connectivity index (χ3v) is 5.10. The van der Waals surface area contributed by atoms with Gasteiger partial charge in [-0.2, -0.15) is 5.10 Å². The van der Waals surface area contributed by atoms with Gasteiger partial charge >= 0.3 is 5.97 Å². The van der Waals surface area contributed by atoms with E-state index in [2.05, 4.69) is 10.4 Å². The predicted octanol–water partition coefficient (Wildman–Crippen LogP) is 1.21. The molecule has 2 fully saturated rings. The number of ether oxygens (including phenoxy) is 1.